The lowest BCUT2D eigenvalue weighted by molar-refractivity contribution is 0.169. The van der Waals surface area contributed by atoms with Crippen LogP contribution in [0.3, 0.4) is 0 Å². The Morgan fingerprint density at radius 2 is 2.13 bits per heavy atom. The molecular weight excluding hydrogens is 188 g/mol. The predicted molar refractivity (Wildman–Crippen MR) is 59.6 cm³/mol. The first-order valence-corrected chi connectivity index (χ1v) is 5.94. The van der Waals surface area contributed by atoms with Crippen molar-refractivity contribution in [1.29, 1.82) is 0 Å². The van der Waals surface area contributed by atoms with Crippen molar-refractivity contribution in [3.63, 3.8) is 0 Å². The average Bonchev–Trinajstić information content (AvgIpc) is 2.60. The summed E-state index contributed by atoms with van der Waals surface area (Å²) in [5, 5.41) is 4.57. The molecule has 0 aliphatic heterocycles. The van der Waals surface area contributed by atoms with Gasteiger partial charge >= 0.3 is 0 Å². The van der Waals surface area contributed by atoms with Crippen molar-refractivity contribution < 1.29 is 0 Å². The zero-order valence-corrected chi connectivity index (χ0v) is 9.61. The Labute approximate surface area is 90.9 Å². The first kappa shape index (κ1) is 10.6. The van der Waals surface area contributed by atoms with Gasteiger partial charge in [-0.1, -0.05) is 13.8 Å². The summed E-state index contributed by atoms with van der Waals surface area (Å²) in [5.41, 5.74) is 5.73. The molecular formula is C11H20N4. The Morgan fingerprint density at radius 3 is 2.60 bits per heavy atom. The summed E-state index contributed by atoms with van der Waals surface area (Å²) in [6.45, 7) is 5.01. The molecule has 0 aromatic carbocycles. The molecule has 2 atom stereocenters. The Balaban J connectivity index is 2.22. The summed E-state index contributed by atoms with van der Waals surface area (Å²) in [4.78, 5) is 4.53. The first-order chi connectivity index (χ1) is 7.30. The van der Waals surface area contributed by atoms with Gasteiger partial charge in [0.15, 0.2) is 5.82 Å². The van der Waals surface area contributed by atoms with Crippen LogP contribution in [0.2, 0.25) is 0 Å². The van der Waals surface area contributed by atoms with Gasteiger partial charge in [-0.2, -0.15) is 5.10 Å². The second-order valence-electron chi connectivity index (χ2n) is 4.24. The maximum atomic E-state index is 5.73. The highest BCUT2D eigenvalue weighted by molar-refractivity contribution is 4.98. The number of aryl methyl sites for hydroxylation is 2. The van der Waals surface area contributed by atoms with E-state index in [1.165, 1.54) is 12.8 Å². The van der Waals surface area contributed by atoms with E-state index in [-0.39, 0.29) is 0 Å². The molecule has 0 radical (unpaired) electrons. The first-order valence-electron chi connectivity index (χ1n) is 5.94. The van der Waals surface area contributed by atoms with E-state index in [4.69, 9.17) is 5.73 Å². The highest BCUT2D eigenvalue weighted by atomic mass is 15.4. The number of rotatable bonds is 4. The van der Waals surface area contributed by atoms with Crippen LogP contribution < -0.4 is 5.73 Å². The molecule has 0 bridgehead atoms. The molecule has 1 saturated carbocycles. The standard InChI is InChI=1S/C11H20N4/c1-3-10-13-11(4-2)15(14-10)9-6-5-8(9)7-12/h8-9H,3-7,12H2,1-2H3. The number of nitrogens with zero attached hydrogens (tertiary/aromatic N) is 3. The van der Waals surface area contributed by atoms with Crippen LogP contribution >= 0.6 is 0 Å². The summed E-state index contributed by atoms with van der Waals surface area (Å²) >= 11 is 0. The zero-order chi connectivity index (χ0) is 10.8. The van der Waals surface area contributed by atoms with Gasteiger partial charge in [0.25, 0.3) is 0 Å². The summed E-state index contributed by atoms with van der Waals surface area (Å²) in [6.07, 6.45) is 4.33. The third-order valence-corrected chi connectivity index (χ3v) is 3.37. The van der Waals surface area contributed by atoms with Gasteiger partial charge in [-0.05, 0) is 25.3 Å². The van der Waals surface area contributed by atoms with Crippen LogP contribution in [0, 0.1) is 5.92 Å². The molecule has 1 fully saturated rings. The zero-order valence-electron chi connectivity index (χ0n) is 9.61. The molecule has 0 amide bonds. The molecule has 4 heteroatoms. The number of nitrogens with two attached hydrogens (primary N) is 1. The third kappa shape index (κ3) is 1.78. The van der Waals surface area contributed by atoms with Crippen molar-refractivity contribution in [2.75, 3.05) is 6.54 Å². The van der Waals surface area contributed by atoms with E-state index in [1.54, 1.807) is 0 Å². The van der Waals surface area contributed by atoms with Gasteiger partial charge < -0.3 is 5.73 Å². The van der Waals surface area contributed by atoms with Crippen LogP contribution in [0.4, 0.5) is 0 Å². The molecule has 2 unspecified atom stereocenters. The summed E-state index contributed by atoms with van der Waals surface area (Å²) < 4.78 is 2.12. The van der Waals surface area contributed by atoms with Gasteiger partial charge in [-0.15, -0.1) is 0 Å². The summed E-state index contributed by atoms with van der Waals surface area (Å²) in [6, 6.07) is 0.512. The second kappa shape index (κ2) is 4.31. The van der Waals surface area contributed by atoms with Crippen molar-refractivity contribution >= 4 is 0 Å². The maximum absolute atomic E-state index is 5.73. The van der Waals surface area contributed by atoms with Crippen molar-refractivity contribution in [2.45, 2.75) is 45.6 Å². The minimum Gasteiger partial charge on any atom is -0.330 e. The fraction of sp³-hybridized carbons (Fsp3) is 0.818. The topological polar surface area (TPSA) is 56.7 Å². The highest BCUT2D eigenvalue weighted by Crippen LogP contribution is 2.37. The summed E-state index contributed by atoms with van der Waals surface area (Å²) in [5.74, 6) is 2.70. The van der Waals surface area contributed by atoms with Gasteiger partial charge in [-0.3, -0.25) is 0 Å². The van der Waals surface area contributed by atoms with Gasteiger partial charge in [0.1, 0.15) is 5.82 Å². The number of hydrogen-bond acceptors (Lipinski definition) is 3. The predicted octanol–water partition coefficient (Wildman–Crippen LogP) is 1.31. The minimum absolute atomic E-state index is 0.512. The lowest BCUT2D eigenvalue weighted by Crippen LogP contribution is -2.35. The molecule has 0 saturated heterocycles. The average molecular weight is 208 g/mol. The van der Waals surface area contributed by atoms with Crippen molar-refractivity contribution in [3.8, 4) is 0 Å². The fourth-order valence-electron chi connectivity index (χ4n) is 2.21. The van der Waals surface area contributed by atoms with Gasteiger partial charge in [-0.25, -0.2) is 9.67 Å². The van der Waals surface area contributed by atoms with E-state index in [2.05, 4.69) is 28.6 Å². The van der Waals surface area contributed by atoms with E-state index >= 15 is 0 Å². The highest BCUT2D eigenvalue weighted by Gasteiger charge is 2.33. The van der Waals surface area contributed by atoms with Crippen LogP contribution in [0.25, 0.3) is 0 Å². The molecule has 84 valence electrons. The van der Waals surface area contributed by atoms with E-state index in [9.17, 15) is 0 Å². The Morgan fingerprint density at radius 1 is 1.33 bits per heavy atom. The van der Waals surface area contributed by atoms with E-state index in [0.717, 1.165) is 31.0 Å². The van der Waals surface area contributed by atoms with Crippen molar-refractivity contribution in [3.05, 3.63) is 11.6 Å². The van der Waals surface area contributed by atoms with Crippen LogP contribution in [-0.4, -0.2) is 21.3 Å². The van der Waals surface area contributed by atoms with Gasteiger partial charge in [0.05, 0.1) is 6.04 Å². The Hall–Kier alpha value is -0.900. The lowest BCUT2D eigenvalue weighted by Gasteiger charge is -2.36. The van der Waals surface area contributed by atoms with Gasteiger partial charge in [0, 0.05) is 12.8 Å². The molecule has 1 heterocycles. The van der Waals surface area contributed by atoms with Crippen LogP contribution in [0.1, 0.15) is 44.4 Å². The molecule has 0 spiro atoms. The quantitative estimate of drug-likeness (QED) is 0.811. The molecule has 2 N–H and O–H groups in total. The minimum atomic E-state index is 0.512. The maximum Gasteiger partial charge on any atom is 0.150 e. The molecule has 2 rings (SSSR count). The monoisotopic (exact) mass is 208 g/mol. The molecule has 1 aromatic rings. The van der Waals surface area contributed by atoms with Gasteiger partial charge in [0.2, 0.25) is 0 Å². The summed E-state index contributed by atoms with van der Waals surface area (Å²) in [7, 11) is 0. The molecule has 1 aliphatic rings. The number of hydrogen-bond donors (Lipinski definition) is 1. The number of aromatic nitrogens is 3. The Bertz CT molecular complexity index is 329. The van der Waals surface area contributed by atoms with E-state index in [0.29, 0.717) is 12.0 Å². The van der Waals surface area contributed by atoms with Crippen molar-refractivity contribution in [1.82, 2.24) is 14.8 Å². The van der Waals surface area contributed by atoms with Crippen molar-refractivity contribution in [2.24, 2.45) is 11.7 Å². The van der Waals surface area contributed by atoms with E-state index in [1.807, 2.05) is 0 Å². The molecule has 1 aliphatic carbocycles. The Kier molecular flexibility index (Phi) is 3.05. The largest absolute Gasteiger partial charge is 0.330 e. The van der Waals surface area contributed by atoms with E-state index < -0.39 is 0 Å². The fourth-order valence-corrected chi connectivity index (χ4v) is 2.21. The van der Waals surface area contributed by atoms with Crippen LogP contribution in [-0.2, 0) is 12.8 Å². The normalized spacial score (nSPS) is 25.3. The third-order valence-electron chi connectivity index (χ3n) is 3.37. The lowest BCUT2D eigenvalue weighted by atomic mass is 9.79. The molecule has 1 aromatic heterocycles. The second-order valence-corrected chi connectivity index (χ2v) is 4.24. The van der Waals surface area contributed by atoms with Crippen LogP contribution in [0.15, 0.2) is 0 Å². The van der Waals surface area contributed by atoms with Crippen LogP contribution in [0.5, 0.6) is 0 Å². The molecule has 15 heavy (non-hydrogen) atoms. The SMILES string of the molecule is CCc1nc(CC)n(C2CCC2CN)n1. The molecule has 4 nitrogen and oxygen atoms in total. The smallest absolute Gasteiger partial charge is 0.150 e.